The Hall–Kier alpha value is -3.48. The monoisotopic (exact) mass is 336 g/mol. The van der Waals surface area contributed by atoms with Crippen LogP contribution in [0.2, 0.25) is 0 Å². The first-order chi connectivity index (χ1) is 12.2. The van der Waals surface area contributed by atoms with Gasteiger partial charge >= 0.3 is 5.97 Å². The quantitative estimate of drug-likeness (QED) is 0.720. The van der Waals surface area contributed by atoms with Crippen molar-refractivity contribution in [3.8, 4) is 5.69 Å². The molecule has 3 rings (SSSR count). The zero-order valence-corrected chi connectivity index (χ0v) is 13.5. The maximum absolute atomic E-state index is 12.2. The molecule has 0 bridgehead atoms. The molecule has 1 N–H and O–H groups in total. The Morgan fingerprint density at radius 2 is 1.80 bits per heavy atom. The molecule has 126 valence electrons. The first-order valence-corrected chi connectivity index (χ1v) is 7.60. The topological polar surface area (TPSA) is 86.1 Å². The van der Waals surface area contributed by atoms with Crippen LogP contribution in [0.5, 0.6) is 0 Å². The van der Waals surface area contributed by atoms with Gasteiger partial charge in [-0.15, -0.1) is 5.10 Å². The van der Waals surface area contributed by atoms with Gasteiger partial charge in [0, 0.05) is 6.54 Å². The summed E-state index contributed by atoms with van der Waals surface area (Å²) in [6, 6.07) is 16.2. The second-order valence-electron chi connectivity index (χ2n) is 5.23. The first kappa shape index (κ1) is 16.4. The normalized spacial score (nSPS) is 10.3. The highest BCUT2D eigenvalue weighted by molar-refractivity contribution is 5.92. The van der Waals surface area contributed by atoms with Gasteiger partial charge in [0.05, 0.1) is 24.6 Å². The lowest BCUT2D eigenvalue weighted by atomic mass is 10.1. The number of esters is 1. The molecule has 0 unspecified atom stereocenters. The molecule has 0 aliphatic heterocycles. The van der Waals surface area contributed by atoms with E-state index >= 15 is 0 Å². The van der Waals surface area contributed by atoms with Gasteiger partial charge in [-0.3, -0.25) is 4.79 Å². The molecular formula is C18H16N4O3. The van der Waals surface area contributed by atoms with Crippen LogP contribution >= 0.6 is 0 Å². The van der Waals surface area contributed by atoms with E-state index in [1.165, 1.54) is 18.1 Å². The van der Waals surface area contributed by atoms with Gasteiger partial charge in [-0.05, 0) is 29.8 Å². The molecule has 2 aromatic carbocycles. The van der Waals surface area contributed by atoms with Crippen molar-refractivity contribution in [2.75, 3.05) is 7.11 Å². The van der Waals surface area contributed by atoms with Gasteiger partial charge in [0.25, 0.3) is 5.91 Å². The van der Waals surface area contributed by atoms with Crippen molar-refractivity contribution in [3.05, 3.63) is 77.6 Å². The summed E-state index contributed by atoms with van der Waals surface area (Å²) >= 11 is 0. The number of amides is 1. The van der Waals surface area contributed by atoms with Crippen LogP contribution in [-0.2, 0) is 11.3 Å². The smallest absolute Gasteiger partial charge is 0.337 e. The molecule has 0 aliphatic rings. The highest BCUT2D eigenvalue weighted by Crippen LogP contribution is 2.07. The highest BCUT2D eigenvalue weighted by Gasteiger charge is 2.11. The van der Waals surface area contributed by atoms with Gasteiger partial charge in [0.15, 0.2) is 5.69 Å². The van der Waals surface area contributed by atoms with Gasteiger partial charge in [0.2, 0.25) is 0 Å². The van der Waals surface area contributed by atoms with Crippen molar-refractivity contribution < 1.29 is 14.3 Å². The molecule has 3 aromatic rings. The number of aromatic nitrogens is 3. The van der Waals surface area contributed by atoms with Crippen molar-refractivity contribution in [2.24, 2.45) is 0 Å². The Bertz CT molecular complexity index is 873. The molecule has 0 aliphatic carbocycles. The van der Waals surface area contributed by atoms with E-state index in [9.17, 15) is 9.59 Å². The lowest BCUT2D eigenvalue weighted by molar-refractivity contribution is 0.0600. The predicted molar refractivity (Wildman–Crippen MR) is 90.3 cm³/mol. The number of para-hydroxylation sites is 1. The lowest BCUT2D eigenvalue weighted by Crippen LogP contribution is -2.23. The van der Waals surface area contributed by atoms with Crippen molar-refractivity contribution in [2.45, 2.75) is 6.54 Å². The number of methoxy groups -OCH3 is 1. The van der Waals surface area contributed by atoms with Crippen LogP contribution in [0, 0.1) is 0 Å². The minimum absolute atomic E-state index is 0.232. The van der Waals surface area contributed by atoms with Crippen LogP contribution < -0.4 is 5.32 Å². The average molecular weight is 336 g/mol. The van der Waals surface area contributed by atoms with E-state index in [-0.39, 0.29) is 11.6 Å². The summed E-state index contributed by atoms with van der Waals surface area (Å²) in [5.74, 6) is -0.715. The van der Waals surface area contributed by atoms with Crippen molar-refractivity contribution in [3.63, 3.8) is 0 Å². The number of hydrogen-bond donors (Lipinski definition) is 1. The number of carbonyl (C=O) groups excluding carboxylic acids is 2. The molecule has 7 nitrogen and oxygen atoms in total. The van der Waals surface area contributed by atoms with E-state index in [2.05, 4.69) is 20.3 Å². The Kier molecular flexibility index (Phi) is 4.84. The zero-order chi connectivity index (χ0) is 17.6. The number of carbonyl (C=O) groups is 2. The van der Waals surface area contributed by atoms with Gasteiger partial charge in [-0.25, -0.2) is 4.79 Å². The fourth-order valence-electron chi connectivity index (χ4n) is 2.20. The summed E-state index contributed by atoms with van der Waals surface area (Å²) < 4.78 is 4.64. The molecule has 7 heteroatoms. The maximum atomic E-state index is 12.2. The molecule has 0 saturated carbocycles. The largest absolute Gasteiger partial charge is 0.465 e. The van der Waals surface area contributed by atoms with Crippen LogP contribution in [-0.4, -0.2) is 34.0 Å². The van der Waals surface area contributed by atoms with E-state index in [0.717, 1.165) is 11.3 Å². The van der Waals surface area contributed by atoms with Crippen LogP contribution in [0.4, 0.5) is 0 Å². The van der Waals surface area contributed by atoms with Crippen LogP contribution in [0.3, 0.4) is 0 Å². The van der Waals surface area contributed by atoms with Gasteiger partial charge in [-0.1, -0.05) is 30.3 Å². The van der Waals surface area contributed by atoms with E-state index in [1.807, 2.05) is 30.3 Å². The number of nitrogens with one attached hydrogen (secondary N) is 1. The summed E-state index contributed by atoms with van der Waals surface area (Å²) in [6.07, 6.45) is 1.42. The Balaban J connectivity index is 1.61. The lowest BCUT2D eigenvalue weighted by Gasteiger charge is -2.04. The molecule has 0 atom stereocenters. The summed E-state index contributed by atoms with van der Waals surface area (Å²) in [7, 11) is 1.33. The van der Waals surface area contributed by atoms with Crippen LogP contribution in [0.1, 0.15) is 26.4 Å². The van der Waals surface area contributed by atoms with Crippen molar-refractivity contribution >= 4 is 11.9 Å². The van der Waals surface area contributed by atoms with E-state index in [4.69, 9.17) is 0 Å². The predicted octanol–water partition coefficient (Wildman–Crippen LogP) is 1.98. The number of benzene rings is 2. The molecule has 1 aromatic heterocycles. The summed E-state index contributed by atoms with van der Waals surface area (Å²) in [5.41, 5.74) is 2.33. The van der Waals surface area contributed by atoms with Crippen LogP contribution in [0.15, 0.2) is 60.8 Å². The second kappa shape index (κ2) is 7.39. The standard InChI is InChI=1S/C18H16N4O3/c1-25-18(24)14-9-7-13(8-10-14)11-19-17(23)16-12-20-22(21-16)15-5-3-2-4-6-15/h2-10,12H,11H2,1H3,(H,19,23). The molecule has 25 heavy (non-hydrogen) atoms. The Morgan fingerprint density at radius 3 is 2.48 bits per heavy atom. The number of rotatable bonds is 5. The van der Waals surface area contributed by atoms with Crippen LogP contribution in [0.25, 0.3) is 5.69 Å². The fourth-order valence-corrected chi connectivity index (χ4v) is 2.20. The van der Waals surface area contributed by atoms with E-state index in [0.29, 0.717) is 12.1 Å². The Labute approximate surface area is 144 Å². The third-order valence-electron chi connectivity index (χ3n) is 3.54. The second-order valence-corrected chi connectivity index (χ2v) is 5.23. The minimum atomic E-state index is -0.395. The zero-order valence-electron chi connectivity index (χ0n) is 13.5. The summed E-state index contributed by atoms with van der Waals surface area (Å²) in [5, 5.41) is 11.0. The fraction of sp³-hybridized carbons (Fsp3) is 0.111. The molecule has 1 amide bonds. The summed E-state index contributed by atoms with van der Waals surface area (Å²) in [6.45, 7) is 0.318. The third kappa shape index (κ3) is 3.89. The minimum Gasteiger partial charge on any atom is -0.465 e. The number of ether oxygens (including phenoxy) is 1. The molecule has 0 spiro atoms. The number of hydrogen-bond acceptors (Lipinski definition) is 5. The maximum Gasteiger partial charge on any atom is 0.337 e. The molecule has 0 fully saturated rings. The molecule has 0 saturated heterocycles. The molecule has 0 radical (unpaired) electrons. The van der Waals surface area contributed by atoms with Crippen molar-refractivity contribution in [1.82, 2.24) is 20.3 Å². The highest BCUT2D eigenvalue weighted by atomic mass is 16.5. The Morgan fingerprint density at radius 1 is 1.08 bits per heavy atom. The average Bonchev–Trinajstić information content (AvgIpc) is 3.17. The molecule has 1 heterocycles. The van der Waals surface area contributed by atoms with Gasteiger partial charge in [-0.2, -0.15) is 9.90 Å². The molecular weight excluding hydrogens is 320 g/mol. The van der Waals surface area contributed by atoms with Gasteiger partial charge < -0.3 is 10.1 Å². The van der Waals surface area contributed by atoms with Crippen molar-refractivity contribution in [1.29, 1.82) is 0 Å². The first-order valence-electron chi connectivity index (χ1n) is 7.60. The van der Waals surface area contributed by atoms with E-state index in [1.54, 1.807) is 24.3 Å². The third-order valence-corrected chi connectivity index (χ3v) is 3.54. The van der Waals surface area contributed by atoms with Gasteiger partial charge in [0.1, 0.15) is 0 Å². The summed E-state index contributed by atoms with van der Waals surface area (Å²) in [4.78, 5) is 25.0. The SMILES string of the molecule is COC(=O)c1ccc(CNC(=O)c2cnn(-c3ccccc3)n2)cc1. The van der Waals surface area contributed by atoms with E-state index < -0.39 is 5.97 Å². The number of nitrogens with zero attached hydrogens (tertiary/aromatic N) is 3.